The summed E-state index contributed by atoms with van der Waals surface area (Å²) in [5, 5.41) is 0.0786. The Morgan fingerprint density at radius 1 is 1.77 bits per heavy atom. The quantitative estimate of drug-likeness (QED) is 0.572. The van der Waals surface area contributed by atoms with Crippen LogP contribution in [0.3, 0.4) is 0 Å². The maximum absolute atomic E-state index is 11.5. The van der Waals surface area contributed by atoms with Crippen LogP contribution < -0.4 is 0 Å². The molecule has 1 fully saturated rings. The molecule has 1 saturated heterocycles. The van der Waals surface area contributed by atoms with Crippen molar-refractivity contribution in [1.29, 1.82) is 0 Å². The highest BCUT2D eigenvalue weighted by Gasteiger charge is 2.37. The van der Waals surface area contributed by atoms with Crippen molar-refractivity contribution in [2.24, 2.45) is 0 Å². The zero-order chi connectivity index (χ0) is 10.0. The Morgan fingerprint density at radius 2 is 2.38 bits per heavy atom. The predicted molar refractivity (Wildman–Crippen MR) is 62.9 cm³/mol. The zero-order valence-electron chi connectivity index (χ0n) is 7.67. The maximum Gasteiger partial charge on any atom is 0.239 e. The number of thiol groups is 2. The van der Waals surface area contributed by atoms with Crippen LogP contribution in [0.5, 0.6) is 0 Å². The molecule has 0 aromatic carbocycles. The summed E-state index contributed by atoms with van der Waals surface area (Å²) >= 11 is 8.50. The van der Waals surface area contributed by atoms with Gasteiger partial charge in [0.1, 0.15) is 5.50 Å². The first-order valence-electron chi connectivity index (χ1n) is 4.15. The molecule has 0 saturated carbocycles. The summed E-state index contributed by atoms with van der Waals surface area (Å²) in [5.74, 6) is 0.135. The van der Waals surface area contributed by atoms with Gasteiger partial charge in [0.15, 0.2) is 0 Å². The Bertz CT molecular complexity index is 202. The Morgan fingerprint density at radius 3 is 2.77 bits per heavy atom. The number of likely N-dealkylation sites (N-methyl/N-ethyl adjacent to an activating group) is 1. The van der Waals surface area contributed by atoms with Crippen molar-refractivity contribution in [2.45, 2.75) is 24.7 Å². The van der Waals surface area contributed by atoms with E-state index in [9.17, 15) is 4.79 Å². The second-order valence-corrected chi connectivity index (χ2v) is 4.90. The normalized spacial score (nSPS) is 26.9. The van der Waals surface area contributed by atoms with E-state index in [0.717, 1.165) is 6.54 Å². The number of rotatable bonds is 3. The summed E-state index contributed by atoms with van der Waals surface area (Å²) in [5.41, 5.74) is -0.0906. The van der Waals surface area contributed by atoms with Gasteiger partial charge in [-0.1, -0.05) is 17.7 Å². The topological polar surface area (TPSA) is 23.6 Å². The molecule has 0 spiro atoms. The molecular formula is C7H14N2OS3. The van der Waals surface area contributed by atoms with E-state index < -0.39 is 0 Å². The van der Waals surface area contributed by atoms with Gasteiger partial charge >= 0.3 is 0 Å². The van der Waals surface area contributed by atoms with E-state index in [2.05, 4.69) is 24.3 Å². The molecule has 0 bridgehead atoms. The highest BCUT2D eigenvalue weighted by Crippen LogP contribution is 2.27. The summed E-state index contributed by atoms with van der Waals surface area (Å²) in [7, 11) is 1.37. The number of amides is 1. The lowest BCUT2D eigenvalue weighted by molar-refractivity contribution is -0.127. The van der Waals surface area contributed by atoms with Gasteiger partial charge in [-0.3, -0.25) is 9.69 Å². The lowest BCUT2D eigenvalue weighted by atomic mass is 10.5. The monoisotopic (exact) mass is 238 g/mol. The van der Waals surface area contributed by atoms with Gasteiger partial charge in [-0.05, 0) is 13.5 Å². The second kappa shape index (κ2) is 4.82. The Hall–Kier alpha value is 0.480. The largest absolute Gasteiger partial charge is 0.304 e. The molecule has 1 heterocycles. The van der Waals surface area contributed by atoms with E-state index in [1.165, 1.54) is 10.8 Å². The predicted octanol–water partition coefficient (Wildman–Crippen LogP) is 1.29. The molecule has 6 heteroatoms. The second-order valence-electron chi connectivity index (χ2n) is 2.92. The molecule has 1 aliphatic heterocycles. The van der Waals surface area contributed by atoms with Crippen molar-refractivity contribution < 1.29 is 4.79 Å². The van der Waals surface area contributed by atoms with Gasteiger partial charge in [-0.25, -0.2) is 0 Å². The Labute approximate surface area is 93.4 Å². The molecule has 76 valence electrons. The summed E-state index contributed by atoms with van der Waals surface area (Å²) in [6, 6.07) is 0. The van der Waals surface area contributed by atoms with Crippen molar-refractivity contribution in [1.82, 2.24) is 9.80 Å². The third-order valence-corrected chi connectivity index (χ3v) is 4.18. The maximum atomic E-state index is 11.5. The van der Waals surface area contributed by atoms with Crippen LogP contribution in [0, 0.1) is 0 Å². The van der Waals surface area contributed by atoms with Gasteiger partial charge in [-0.2, -0.15) is 0 Å². The van der Waals surface area contributed by atoms with E-state index in [1.807, 2.05) is 18.7 Å². The molecule has 0 aromatic heterocycles. The molecule has 1 rings (SSSR count). The minimum atomic E-state index is -0.0906. The first-order valence-corrected chi connectivity index (χ1v) is 6.60. The molecule has 0 aliphatic carbocycles. The molecule has 13 heavy (non-hydrogen) atoms. The standard InChI is InChI=1S/C7H14N2OS3/c1-3-8-4-6(10)9(7(8)11)5(2)13-12/h5,7,11-12H,3-4H2,1-2H3. The molecule has 1 aliphatic rings. The molecule has 2 unspecified atom stereocenters. The van der Waals surface area contributed by atoms with Crippen LogP contribution >= 0.6 is 35.1 Å². The Kier molecular flexibility index (Phi) is 4.28. The zero-order valence-corrected chi connectivity index (χ0v) is 10.3. The van der Waals surface area contributed by atoms with Crippen LogP contribution in [0.25, 0.3) is 0 Å². The molecule has 1 amide bonds. The molecule has 0 aromatic rings. The molecule has 2 atom stereocenters. The third kappa shape index (κ3) is 2.29. The first-order chi connectivity index (χ1) is 6.11. The molecular weight excluding hydrogens is 224 g/mol. The van der Waals surface area contributed by atoms with Crippen LogP contribution in [0.1, 0.15) is 13.8 Å². The van der Waals surface area contributed by atoms with E-state index >= 15 is 0 Å². The summed E-state index contributed by atoms with van der Waals surface area (Å²) in [4.78, 5) is 15.3. The average molecular weight is 238 g/mol. The third-order valence-electron chi connectivity index (χ3n) is 2.15. The lowest BCUT2D eigenvalue weighted by Crippen LogP contribution is -2.39. The van der Waals surface area contributed by atoms with Crippen LogP contribution in [0.4, 0.5) is 0 Å². The van der Waals surface area contributed by atoms with Crippen molar-refractivity contribution in [3.05, 3.63) is 0 Å². The number of hydrogen-bond acceptors (Lipinski definition) is 5. The molecule has 0 radical (unpaired) electrons. The van der Waals surface area contributed by atoms with Crippen LogP contribution in [0.2, 0.25) is 0 Å². The fraction of sp³-hybridized carbons (Fsp3) is 0.857. The number of hydrogen-bond donors (Lipinski definition) is 2. The van der Waals surface area contributed by atoms with Crippen LogP contribution in [0.15, 0.2) is 0 Å². The van der Waals surface area contributed by atoms with Gasteiger partial charge in [0.05, 0.1) is 11.9 Å². The van der Waals surface area contributed by atoms with E-state index in [-0.39, 0.29) is 16.8 Å². The highest BCUT2D eigenvalue weighted by molar-refractivity contribution is 8.68. The average Bonchev–Trinajstić information content (AvgIpc) is 2.40. The summed E-state index contributed by atoms with van der Waals surface area (Å²) in [6.07, 6.45) is 0. The minimum absolute atomic E-state index is 0.0786. The van der Waals surface area contributed by atoms with Crippen LogP contribution in [-0.2, 0) is 4.79 Å². The van der Waals surface area contributed by atoms with Gasteiger partial charge in [0.2, 0.25) is 5.91 Å². The van der Waals surface area contributed by atoms with Crippen molar-refractivity contribution in [3.8, 4) is 0 Å². The van der Waals surface area contributed by atoms with Gasteiger partial charge < -0.3 is 4.90 Å². The van der Waals surface area contributed by atoms with E-state index in [1.54, 1.807) is 4.90 Å². The number of nitrogens with zero attached hydrogens (tertiary/aromatic N) is 2. The van der Waals surface area contributed by atoms with E-state index in [4.69, 9.17) is 0 Å². The van der Waals surface area contributed by atoms with Crippen molar-refractivity contribution in [2.75, 3.05) is 13.1 Å². The highest BCUT2D eigenvalue weighted by atomic mass is 33.1. The smallest absolute Gasteiger partial charge is 0.239 e. The lowest BCUT2D eigenvalue weighted by Gasteiger charge is -2.28. The first kappa shape index (κ1) is 11.6. The molecule has 3 nitrogen and oxygen atoms in total. The van der Waals surface area contributed by atoms with Crippen molar-refractivity contribution >= 4 is 41.0 Å². The number of carbonyl (C=O) groups is 1. The minimum Gasteiger partial charge on any atom is -0.304 e. The SMILES string of the molecule is CCN1CC(=O)N(C(C)SS)C1S. The van der Waals surface area contributed by atoms with Gasteiger partial charge in [0, 0.05) is 0 Å². The van der Waals surface area contributed by atoms with E-state index in [0.29, 0.717) is 6.54 Å². The van der Waals surface area contributed by atoms with Gasteiger partial charge in [0.25, 0.3) is 0 Å². The van der Waals surface area contributed by atoms with Crippen molar-refractivity contribution in [3.63, 3.8) is 0 Å². The molecule has 0 N–H and O–H groups in total. The van der Waals surface area contributed by atoms with Gasteiger partial charge in [-0.15, -0.1) is 24.3 Å². The summed E-state index contributed by atoms with van der Waals surface area (Å²) in [6.45, 7) is 5.31. The fourth-order valence-electron chi connectivity index (χ4n) is 1.36. The summed E-state index contributed by atoms with van der Waals surface area (Å²) < 4.78 is 0. The fourth-order valence-corrected chi connectivity index (χ4v) is 2.66. The Balaban J connectivity index is 2.69. The van der Waals surface area contributed by atoms with Crippen LogP contribution in [-0.4, -0.2) is 39.7 Å². The number of carbonyl (C=O) groups excluding carboxylic acids is 1.